The molecule has 1 aromatic heterocycles. The average molecular weight is 513 g/mol. The number of carbonyl (C=O) groups excluding carboxylic acids is 2. The van der Waals surface area contributed by atoms with E-state index in [1.807, 2.05) is 24.3 Å². The highest BCUT2D eigenvalue weighted by molar-refractivity contribution is 6.42. The van der Waals surface area contributed by atoms with Crippen molar-refractivity contribution in [1.82, 2.24) is 5.01 Å². The number of imide groups is 1. The van der Waals surface area contributed by atoms with E-state index in [-0.39, 0.29) is 23.7 Å². The molecule has 8 rings (SSSR count). The van der Waals surface area contributed by atoms with Crippen LogP contribution in [0.1, 0.15) is 39.8 Å². The Kier molecular flexibility index (Phi) is 4.75. The predicted octanol–water partition coefficient (Wildman–Crippen LogP) is 6.48. The summed E-state index contributed by atoms with van der Waals surface area (Å²) in [5, 5.41) is 6.23. The number of furan rings is 1. The zero-order valence-electron chi connectivity index (χ0n) is 18.8. The summed E-state index contributed by atoms with van der Waals surface area (Å²) in [5.41, 5.74) is 5.28. The first-order valence-corrected chi connectivity index (χ1v) is 12.4. The maximum atomic E-state index is 13.6. The molecule has 4 aromatic rings. The van der Waals surface area contributed by atoms with Crippen molar-refractivity contribution < 1.29 is 14.0 Å². The van der Waals surface area contributed by atoms with E-state index in [1.54, 1.807) is 30.3 Å². The first-order chi connectivity index (χ1) is 17.5. The molecule has 4 aliphatic rings. The lowest BCUT2D eigenvalue weighted by Gasteiger charge is -2.45. The molecule has 3 aromatic carbocycles. The van der Waals surface area contributed by atoms with Gasteiger partial charge in [0.1, 0.15) is 11.5 Å². The molecule has 1 aliphatic heterocycles. The molecule has 36 heavy (non-hydrogen) atoms. The molecule has 7 heteroatoms. The number of benzene rings is 3. The lowest BCUT2D eigenvalue weighted by atomic mass is 9.55. The van der Waals surface area contributed by atoms with Gasteiger partial charge < -0.3 is 4.42 Å². The summed E-state index contributed by atoms with van der Waals surface area (Å²) in [4.78, 5) is 27.2. The van der Waals surface area contributed by atoms with Crippen molar-refractivity contribution in [2.45, 2.75) is 11.8 Å². The summed E-state index contributed by atoms with van der Waals surface area (Å²) in [6.07, 6.45) is 1.41. The van der Waals surface area contributed by atoms with E-state index < -0.39 is 11.8 Å². The molecule has 1 fully saturated rings. The Bertz CT molecular complexity index is 1490. The molecule has 2 bridgehead atoms. The minimum atomic E-state index is -0.465. The number of hydrogen-bond donors (Lipinski definition) is 0. The number of halogens is 2. The van der Waals surface area contributed by atoms with Crippen LogP contribution in [-0.2, 0) is 9.59 Å². The Morgan fingerprint density at radius 2 is 1.28 bits per heavy atom. The van der Waals surface area contributed by atoms with E-state index in [0.29, 0.717) is 21.6 Å². The van der Waals surface area contributed by atoms with E-state index in [4.69, 9.17) is 27.6 Å². The second-order valence-corrected chi connectivity index (χ2v) is 10.1. The van der Waals surface area contributed by atoms with Crippen LogP contribution in [0, 0.1) is 11.8 Å². The second kappa shape index (κ2) is 7.92. The molecule has 0 unspecified atom stereocenters. The van der Waals surface area contributed by atoms with Crippen LogP contribution in [0.25, 0.3) is 11.3 Å². The fraction of sp³-hybridized carbons (Fsp3) is 0.138. The van der Waals surface area contributed by atoms with Crippen molar-refractivity contribution in [3.05, 3.63) is 117 Å². The van der Waals surface area contributed by atoms with E-state index in [2.05, 4.69) is 29.4 Å². The molecule has 2 atom stereocenters. The number of rotatable bonds is 3. The molecule has 0 saturated carbocycles. The molecule has 2 amide bonds. The number of nitrogens with zero attached hydrogens (tertiary/aromatic N) is 2. The number of hydrogen-bond acceptors (Lipinski definition) is 4. The number of amides is 2. The number of hydrazone groups is 1. The van der Waals surface area contributed by atoms with Crippen molar-refractivity contribution in [3.8, 4) is 11.3 Å². The standard InChI is InChI=1S/C29H18Cl2N2O3/c30-21-11-9-15(13-22(21)31)23-12-10-16(36-23)14-32-33-28(34)26-24-17-5-1-2-6-18(17)25(27(26)29(33)35)20-8-4-3-7-19(20)24/h1-14,24-27H/b32-14-/t24?,25?,26-,27-/m0/s1. The van der Waals surface area contributed by atoms with Gasteiger partial charge in [0.25, 0.3) is 11.8 Å². The summed E-state index contributed by atoms with van der Waals surface area (Å²) < 4.78 is 5.87. The highest BCUT2D eigenvalue weighted by Crippen LogP contribution is 2.60. The van der Waals surface area contributed by atoms with Crippen LogP contribution >= 0.6 is 23.2 Å². The summed E-state index contributed by atoms with van der Waals surface area (Å²) in [6.45, 7) is 0. The Hall–Kier alpha value is -3.67. The van der Waals surface area contributed by atoms with Gasteiger partial charge in [-0.3, -0.25) is 9.59 Å². The highest BCUT2D eigenvalue weighted by atomic mass is 35.5. The van der Waals surface area contributed by atoms with Crippen LogP contribution in [0.4, 0.5) is 0 Å². The molecule has 0 radical (unpaired) electrons. The third kappa shape index (κ3) is 3.00. The van der Waals surface area contributed by atoms with E-state index in [9.17, 15) is 9.59 Å². The van der Waals surface area contributed by atoms with Crippen molar-refractivity contribution >= 4 is 41.2 Å². The molecule has 2 heterocycles. The summed E-state index contributed by atoms with van der Waals surface area (Å²) >= 11 is 12.1. The molecule has 3 aliphatic carbocycles. The topological polar surface area (TPSA) is 62.9 Å². The van der Waals surface area contributed by atoms with Gasteiger partial charge in [-0.05, 0) is 52.6 Å². The van der Waals surface area contributed by atoms with Crippen molar-refractivity contribution in [3.63, 3.8) is 0 Å². The molecular formula is C29H18Cl2N2O3. The molecule has 1 saturated heterocycles. The lowest BCUT2D eigenvalue weighted by Crippen LogP contribution is -2.41. The maximum absolute atomic E-state index is 13.6. The quantitative estimate of drug-likeness (QED) is 0.233. The zero-order chi connectivity index (χ0) is 24.6. The molecule has 0 N–H and O–H groups in total. The van der Waals surface area contributed by atoms with Gasteiger partial charge in [-0.2, -0.15) is 10.1 Å². The van der Waals surface area contributed by atoms with Gasteiger partial charge in [-0.15, -0.1) is 0 Å². The summed E-state index contributed by atoms with van der Waals surface area (Å²) in [7, 11) is 0. The van der Waals surface area contributed by atoms with Gasteiger partial charge in [0.15, 0.2) is 0 Å². The lowest BCUT2D eigenvalue weighted by molar-refractivity contribution is -0.139. The molecule has 5 nitrogen and oxygen atoms in total. The molecule has 176 valence electrons. The summed E-state index contributed by atoms with van der Waals surface area (Å²) in [6, 6.07) is 25.0. The fourth-order valence-corrected chi connectivity index (χ4v) is 6.41. The molecule has 0 spiro atoms. The first kappa shape index (κ1) is 21.6. The van der Waals surface area contributed by atoms with E-state index >= 15 is 0 Å². The van der Waals surface area contributed by atoms with Crippen LogP contribution < -0.4 is 0 Å². The minimum Gasteiger partial charge on any atom is -0.455 e. The Labute approximate surface area is 216 Å². The Morgan fingerprint density at radius 3 is 1.81 bits per heavy atom. The first-order valence-electron chi connectivity index (χ1n) is 11.7. The number of carbonyl (C=O) groups is 2. The van der Waals surface area contributed by atoms with E-state index in [1.165, 1.54) is 6.21 Å². The fourth-order valence-electron chi connectivity index (χ4n) is 6.12. The third-order valence-electron chi connectivity index (χ3n) is 7.56. The average Bonchev–Trinajstić information content (AvgIpc) is 3.47. The summed E-state index contributed by atoms with van der Waals surface area (Å²) in [5.74, 6) is -0.788. The largest absolute Gasteiger partial charge is 0.455 e. The van der Waals surface area contributed by atoms with Gasteiger partial charge >= 0.3 is 0 Å². The van der Waals surface area contributed by atoms with Crippen molar-refractivity contribution in [1.29, 1.82) is 0 Å². The van der Waals surface area contributed by atoms with Crippen LogP contribution in [-0.4, -0.2) is 23.0 Å². The maximum Gasteiger partial charge on any atom is 0.254 e. The third-order valence-corrected chi connectivity index (χ3v) is 8.30. The Balaban J connectivity index is 1.23. The SMILES string of the molecule is O=C1[C@H]2C3c4ccccc4C(c4ccccc43)[C@@H]2C(=O)N1/N=C\c1ccc(-c2ccc(Cl)c(Cl)c2)o1. The van der Waals surface area contributed by atoms with Crippen LogP contribution in [0.3, 0.4) is 0 Å². The molecular weight excluding hydrogens is 495 g/mol. The van der Waals surface area contributed by atoms with E-state index in [0.717, 1.165) is 32.8 Å². The Morgan fingerprint density at radius 1 is 0.722 bits per heavy atom. The van der Waals surface area contributed by atoms with Crippen molar-refractivity contribution in [2.75, 3.05) is 0 Å². The normalized spacial score (nSPS) is 23.8. The van der Waals surface area contributed by atoms with Crippen LogP contribution in [0.15, 0.2) is 88.4 Å². The van der Waals surface area contributed by atoms with Gasteiger partial charge in [-0.1, -0.05) is 71.7 Å². The monoisotopic (exact) mass is 512 g/mol. The smallest absolute Gasteiger partial charge is 0.254 e. The highest BCUT2D eigenvalue weighted by Gasteiger charge is 2.61. The zero-order valence-corrected chi connectivity index (χ0v) is 20.3. The van der Waals surface area contributed by atoms with Crippen LogP contribution in [0.5, 0.6) is 0 Å². The minimum absolute atomic E-state index is 0.158. The predicted molar refractivity (Wildman–Crippen MR) is 137 cm³/mol. The second-order valence-electron chi connectivity index (χ2n) is 9.33. The van der Waals surface area contributed by atoms with Gasteiger partial charge in [-0.25, -0.2) is 0 Å². The van der Waals surface area contributed by atoms with Gasteiger partial charge in [0.2, 0.25) is 0 Å². The van der Waals surface area contributed by atoms with Crippen molar-refractivity contribution in [2.24, 2.45) is 16.9 Å². The van der Waals surface area contributed by atoms with Gasteiger partial charge in [0, 0.05) is 17.4 Å². The van der Waals surface area contributed by atoms with Crippen LogP contribution in [0.2, 0.25) is 10.0 Å². The van der Waals surface area contributed by atoms with Gasteiger partial charge in [0.05, 0.1) is 28.1 Å².